The van der Waals surface area contributed by atoms with E-state index in [0.717, 1.165) is 0 Å². The number of nitrogens with zero attached hydrogens (tertiary/aromatic N) is 7. The molecular weight excluding hydrogens is 262 g/mol. The van der Waals surface area contributed by atoms with Gasteiger partial charge in [0.2, 0.25) is 5.95 Å². The predicted octanol–water partition coefficient (Wildman–Crippen LogP) is -1.08. The van der Waals surface area contributed by atoms with Gasteiger partial charge in [-0.2, -0.15) is 25.1 Å². The number of rotatable bonds is 3. The summed E-state index contributed by atoms with van der Waals surface area (Å²) < 4.78 is 2.71. The normalized spacial score (nSPS) is 10.6. The summed E-state index contributed by atoms with van der Waals surface area (Å²) in [6, 6.07) is 3.18. The first kappa shape index (κ1) is 11.8. The van der Waals surface area contributed by atoms with Crippen LogP contribution < -0.4 is 11.5 Å². The number of amides is 1. The van der Waals surface area contributed by atoms with E-state index in [4.69, 9.17) is 11.5 Å². The molecule has 0 aliphatic rings. The van der Waals surface area contributed by atoms with Gasteiger partial charge in [-0.3, -0.25) is 4.79 Å². The van der Waals surface area contributed by atoms with Crippen molar-refractivity contribution in [3.8, 4) is 11.9 Å². The Morgan fingerprint density at radius 2 is 1.85 bits per heavy atom. The van der Waals surface area contributed by atoms with Crippen LogP contribution in [0.3, 0.4) is 0 Å². The molecule has 0 aliphatic carbocycles. The third-order valence-corrected chi connectivity index (χ3v) is 2.38. The van der Waals surface area contributed by atoms with Gasteiger partial charge in [0.25, 0.3) is 17.8 Å². The van der Waals surface area contributed by atoms with E-state index in [1.165, 1.54) is 21.6 Å². The van der Waals surface area contributed by atoms with E-state index in [1.54, 1.807) is 18.5 Å². The highest BCUT2D eigenvalue weighted by Crippen LogP contribution is 2.07. The van der Waals surface area contributed by atoms with Crippen LogP contribution in [0.1, 0.15) is 10.5 Å². The number of carbonyl (C=O) groups excluding carboxylic acids is 1. The van der Waals surface area contributed by atoms with Crippen LogP contribution in [0, 0.1) is 0 Å². The zero-order valence-electron chi connectivity index (χ0n) is 10.1. The number of aromatic nitrogens is 7. The third kappa shape index (κ3) is 2.05. The summed E-state index contributed by atoms with van der Waals surface area (Å²) in [4.78, 5) is 23.1. The molecule has 0 saturated carbocycles. The molecule has 1 amide bonds. The van der Waals surface area contributed by atoms with Crippen molar-refractivity contribution in [3.05, 3.63) is 36.4 Å². The molecule has 3 aromatic rings. The predicted molar refractivity (Wildman–Crippen MR) is 67.0 cm³/mol. The average Bonchev–Trinajstić information content (AvgIpc) is 3.10. The number of carbonyl (C=O) groups is 1. The van der Waals surface area contributed by atoms with Crippen molar-refractivity contribution < 1.29 is 4.79 Å². The molecule has 0 atom stereocenters. The SMILES string of the molecule is NC(=O)c1ccn(-c2nc(N)nc(-n3cccn3)n2)n1. The van der Waals surface area contributed by atoms with Crippen molar-refractivity contribution in [1.29, 1.82) is 0 Å². The minimum Gasteiger partial charge on any atom is -0.368 e. The van der Waals surface area contributed by atoms with Crippen molar-refractivity contribution >= 4 is 11.9 Å². The average molecular weight is 271 g/mol. The van der Waals surface area contributed by atoms with Crippen molar-refractivity contribution in [2.24, 2.45) is 5.73 Å². The molecule has 0 bridgehead atoms. The van der Waals surface area contributed by atoms with E-state index in [9.17, 15) is 4.79 Å². The fourth-order valence-electron chi connectivity index (χ4n) is 1.53. The maximum Gasteiger partial charge on any atom is 0.269 e. The van der Waals surface area contributed by atoms with Crippen molar-refractivity contribution in [1.82, 2.24) is 34.5 Å². The highest BCUT2D eigenvalue weighted by Gasteiger charge is 2.11. The first-order valence-corrected chi connectivity index (χ1v) is 5.51. The summed E-state index contributed by atoms with van der Waals surface area (Å²) in [5.41, 5.74) is 10.9. The Kier molecular flexibility index (Phi) is 2.60. The van der Waals surface area contributed by atoms with Gasteiger partial charge in [0, 0.05) is 18.6 Å². The molecule has 0 spiro atoms. The molecule has 0 fully saturated rings. The van der Waals surface area contributed by atoms with Gasteiger partial charge in [-0.1, -0.05) is 0 Å². The zero-order valence-corrected chi connectivity index (χ0v) is 10.1. The van der Waals surface area contributed by atoms with Crippen molar-refractivity contribution in [2.45, 2.75) is 0 Å². The molecule has 0 saturated heterocycles. The second-order valence-corrected chi connectivity index (χ2v) is 3.75. The quantitative estimate of drug-likeness (QED) is 0.616. The van der Waals surface area contributed by atoms with E-state index in [-0.39, 0.29) is 23.5 Å². The van der Waals surface area contributed by atoms with Crippen LogP contribution in [-0.2, 0) is 0 Å². The Hall–Kier alpha value is -3.30. The number of nitrogen functional groups attached to an aromatic ring is 1. The Morgan fingerprint density at radius 3 is 2.45 bits per heavy atom. The lowest BCUT2D eigenvalue weighted by Gasteiger charge is -2.04. The van der Waals surface area contributed by atoms with E-state index < -0.39 is 5.91 Å². The maximum atomic E-state index is 11.0. The van der Waals surface area contributed by atoms with Gasteiger partial charge in [0.1, 0.15) is 5.69 Å². The topological polar surface area (TPSA) is 143 Å². The fourth-order valence-corrected chi connectivity index (χ4v) is 1.53. The van der Waals surface area contributed by atoms with Gasteiger partial charge in [0.15, 0.2) is 0 Å². The summed E-state index contributed by atoms with van der Waals surface area (Å²) in [6.45, 7) is 0. The van der Waals surface area contributed by atoms with Gasteiger partial charge >= 0.3 is 0 Å². The van der Waals surface area contributed by atoms with Crippen LogP contribution in [0.25, 0.3) is 11.9 Å². The Labute approximate surface area is 112 Å². The van der Waals surface area contributed by atoms with Gasteiger partial charge in [0.05, 0.1) is 0 Å². The number of nitrogens with two attached hydrogens (primary N) is 2. The minimum absolute atomic E-state index is 0.0108. The Bertz CT molecular complexity index is 761. The Balaban J connectivity index is 2.07. The molecule has 100 valence electrons. The Morgan fingerprint density at radius 1 is 1.10 bits per heavy atom. The number of hydrogen-bond acceptors (Lipinski definition) is 7. The summed E-state index contributed by atoms with van der Waals surface area (Å²) >= 11 is 0. The molecule has 10 nitrogen and oxygen atoms in total. The molecule has 3 rings (SSSR count). The zero-order chi connectivity index (χ0) is 14.1. The van der Waals surface area contributed by atoms with E-state index in [2.05, 4.69) is 25.1 Å². The molecule has 10 heteroatoms. The standard InChI is InChI=1S/C10H9N9O/c11-7(20)6-2-5-19(17-6)10-15-8(12)14-9(16-10)18-4-1-3-13-18/h1-5H,(H2,11,20)(H2,12,14,15,16). The van der Waals surface area contributed by atoms with Gasteiger partial charge in [-0.05, 0) is 12.1 Å². The molecule has 4 N–H and O–H groups in total. The van der Waals surface area contributed by atoms with Gasteiger partial charge < -0.3 is 11.5 Å². The summed E-state index contributed by atoms with van der Waals surface area (Å²) in [5.74, 6) is -0.223. The second kappa shape index (κ2) is 4.42. The maximum absolute atomic E-state index is 11.0. The molecular formula is C10H9N9O. The first-order valence-electron chi connectivity index (χ1n) is 5.51. The largest absolute Gasteiger partial charge is 0.368 e. The highest BCUT2D eigenvalue weighted by atomic mass is 16.1. The molecule has 0 aliphatic heterocycles. The van der Waals surface area contributed by atoms with Gasteiger partial charge in [-0.15, -0.1) is 0 Å². The molecule has 3 aromatic heterocycles. The van der Waals surface area contributed by atoms with Crippen molar-refractivity contribution in [2.75, 3.05) is 5.73 Å². The molecule has 0 radical (unpaired) electrons. The lowest BCUT2D eigenvalue weighted by Crippen LogP contribution is -2.14. The molecule has 3 heterocycles. The smallest absolute Gasteiger partial charge is 0.269 e. The summed E-state index contributed by atoms with van der Waals surface area (Å²) in [5, 5.41) is 7.95. The minimum atomic E-state index is -0.641. The summed E-state index contributed by atoms with van der Waals surface area (Å²) in [6.07, 6.45) is 4.75. The van der Waals surface area contributed by atoms with Gasteiger partial charge in [-0.25, -0.2) is 9.36 Å². The molecule has 0 aromatic carbocycles. The van der Waals surface area contributed by atoms with Crippen LogP contribution in [0.2, 0.25) is 0 Å². The highest BCUT2D eigenvalue weighted by molar-refractivity contribution is 5.90. The van der Waals surface area contributed by atoms with E-state index in [0.29, 0.717) is 0 Å². The van der Waals surface area contributed by atoms with E-state index in [1.807, 2.05) is 0 Å². The van der Waals surface area contributed by atoms with E-state index >= 15 is 0 Å². The number of anilines is 1. The van der Waals surface area contributed by atoms with Crippen LogP contribution in [0.4, 0.5) is 5.95 Å². The lowest BCUT2D eigenvalue weighted by atomic mass is 10.4. The monoisotopic (exact) mass is 271 g/mol. The van der Waals surface area contributed by atoms with Crippen molar-refractivity contribution in [3.63, 3.8) is 0 Å². The first-order chi connectivity index (χ1) is 9.63. The van der Waals surface area contributed by atoms with Crippen LogP contribution in [0.5, 0.6) is 0 Å². The lowest BCUT2D eigenvalue weighted by molar-refractivity contribution is 0.0995. The molecule has 20 heavy (non-hydrogen) atoms. The third-order valence-electron chi connectivity index (χ3n) is 2.38. The molecule has 0 unspecified atom stereocenters. The van der Waals surface area contributed by atoms with Crippen LogP contribution in [-0.4, -0.2) is 40.4 Å². The van der Waals surface area contributed by atoms with Crippen LogP contribution >= 0.6 is 0 Å². The van der Waals surface area contributed by atoms with Crippen LogP contribution in [0.15, 0.2) is 30.7 Å². The second-order valence-electron chi connectivity index (χ2n) is 3.75. The number of hydrogen-bond donors (Lipinski definition) is 2. The fraction of sp³-hybridized carbons (Fsp3) is 0. The summed E-state index contributed by atoms with van der Waals surface area (Å²) in [7, 11) is 0. The number of primary amides is 1.